The van der Waals surface area contributed by atoms with Crippen molar-refractivity contribution in [1.29, 1.82) is 0 Å². The summed E-state index contributed by atoms with van der Waals surface area (Å²) < 4.78 is 0. The first-order chi connectivity index (χ1) is 14.6. The van der Waals surface area contributed by atoms with E-state index in [2.05, 4.69) is 98.3 Å². The molecule has 154 valence electrons. The lowest BCUT2D eigenvalue weighted by atomic mass is 9.79. The van der Waals surface area contributed by atoms with Crippen molar-refractivity contribution in [3.8, 4) is 0 Å². The fraction of sp³-hybridized carbons (Fsp3) is 0.429. The van der Waals surface area contributed by atoms with Gasteiger partial charge in [-0.1, -0.05) is 69.4 Å². The highest BCUT2D eigenvalue weighted by Gasteiger charge is 2.44. The van der Waals surface area contributed by atoms with E-state index in [4.69, 9.17) is 0 Å². The summed E-state index contributed by atoms with van der Waals surface area (Å²) >= 11 is 2.12. The van der Waals surface area contributed by atoms with E-state index in [0.29, 0.717) is 29.0 Å². The molecule has 30 heavy (non-hydrogen) atoms. The Bertz CT molecular complexity index is 1040. The van der Waals surface area contributed by atoms with Crippen molar-refractivity contribution in [3.63, 3.8) is 0 Å². The lowest BCUT2D eigenvalue weighted by Gasteiger charge is -2.34. The molecule has 1 nitrogen and oxygen atoms in total. The van der Waals surface area contributed by atoms with E-state index in [0.717, 1.165) is 18.9 Å². The first-order valence-corrected chi connectivity index (χ1v) is 12.5. The van der Waals surface area contributed by atoms with Crippen LogP contribution in [-0.4, -0.2) is 22.7 Å². The zero-order valence-corrected chi connectivity index (χ0v) is 19.0. The molecular weight excluding hydrogens is 382 g/mol. The van der Waals surface area contributed by atoms with Crippen molar-refractivity contribution in [1.82, 2.24) is 4.90 Å². The van der Waals surface area contributed by atoms with Crippen molar-refractivity contribution in [2.24, 2.45) is 17.8 Å². The number of allylic oxidation sites excluding steroid dienone is 6. The molecule has 0 bridgehead atoms. The Morgan fingerprint density at radius 3 is 2.80 bits per heavy atom. The summed E-state index contributed by atoms with van der Waals surface area (Å²) in [5.41, 5.74) is 7.76. The number of nitrogens with zero attached hydrogens (tertiary/aromatic N) is 1. The Hall–Kier alpha value is -1.93. The van der Waals surface area contributed by atoms with Gasteiger partial charge in [0, 0.05) is 22.6 Å². The highest BCUT2D eigenvalue weighted by molar-refractivity contribution is 8.00. The summed E-state index contributed by atoms with van der Waals surface area (Å²) in [5, 5.41) is 0.574. The average Bonchev–Trinajstić information content (AvgIpc) is 3.32. The Balaban J connectivity index is 1.35. The summed E-state index contributed by atoms with van der Waals surface area (Å²) in [6, 6.07) is 7.55. The summed E-state index contributed by atoms with van der Waals surface area (Å²) in [5.74, 6) is 2.60. The molecule has 5 atom stereocenters. The maximum atomic E-state index is 2.61. The first kappa shape index (κ1) is 18.8. The summed E-state index contributed by atoms with van der Waals surface area (Å²) in [6.45, 7) is 8.14. The van der Waals surface area contributed by atoms with E-state index in [9.17, 15) is 0 Å². The minimum Gasteiger partial charge on any atom is -0.367 e. The first-order valence-electron chi connectivity index (χ1n) is 11.6. The standard InChI is InChI=1S/C28H31NS/c1-17(2)20-13-14-29-16-24-22(25(29)15-20)11-12-23-27-21(19-9-7-18(3)8-10-19)5-4-6-26(27)30-28(23)24/h4-7,9-14,17-18,20,23,25,28H,8,15-16H2,1-3H3/t18?,20-,23?,25?,28?/m1/s1. The van der Waals surface area contributed by atoms with Crippen molar-refractivity contribution < 1.29 is 0 Å². The molecule has 0 radical (unpaired) electrons. The monoisotopic (exact) mass is 413 g/mol. The van der Waals surface area contributed by atoms with Crippen molar-refractivity contribution in [2.45, 2.75) is 55.7 Å². The van der Waals surface area contributed by atoms with E-state index in [1.807, 2.05) is 0 Å². The van der Waals surface area contributed by atoms with Gasteiger partial charge in [0.05, 0.1) is 6.04 Å². The normalized spacial score (nSPS) is 33.5. The van der Waals surface area contributed by atoms with Gasteiger partial charge < -0.3 is 4.90 Å². The Labute approximate surface area is 185 Å². The van der Waals surface area contributed by atoms with Gasteiger partial charge >= 0.3 is 0 Å². The lowest BCUT2D eigenvalue weighted by molar-refractivity contribution is 0.267. The van der Waals surface area contributed by atoms with Gasteiger partial charge in [-0.3, -0.25) is 0 Å². The molecular formula is C28H31NS. The number of hydrogen-bond donors (Lipinski definition) is 0. The van der Waals surface area contributed by atoms with Crippen LogP contribution in [0.2, 0.25) is 0 Å². The molecule has 0 aromatic heterocycles. The second kappa shape index (κ2) is 7.05. The third-order valence-electron chi connectivity index (χ3n) is 7.79. The van der Waals surface area contributed by atoms with Gasteiger partial charge in [-0.2, -0.15) is 0 Å². The molecule has 0 fully saturated rings. The van der Waals surface area contributed by atoms with Crippen LogP contribution in [0.4, 0.5) is 0 Å². The molecule has 0 spiro atoms. The van der Waals surface area contributed by atoms with Gasteiger partial charge in [0.25, 0.3) is 0 Å². The van der Waals surface area contributed by atoms with Gasteiger partial charge in [0.2, 0.25) is 0 Å². The number of thioether (sulfide) groups is 1. The van der Waals surface area contributed by atoms with Crippen LogP contribution in [0.15, 0.2) is 76.9 Å². The molecule has 3 heterocycles. The van der Waals surface area contributed by atoms with Crippen LogP contribution in [0, 0.1) is 17.8 Å². The van der Waals surface area contributed by atoms with Crippen LogP contribution >= 0.6 is 11.8 Å². The number of fused-ring (bicyclic) bond motifs is 6. The second-order valence-electron chi connectivity index (χ2n) is 10.0. The van der Waals surface area contributed by atoms with Crippen LogP contribution < -0.4 is 0 Å². The predicted molar refractivity (Wildman–Crippen MR) is 128 cm³/mol. The van der Waals surface area contributed by atoms with E-state index in [1.54, 1.807) is 16.7 Å². The van der Waals surface area contributed by atoms with Crippen molar-refractivity contribution >= 4 is 17.3 Å². The quantitative estimate of drug-likeness (QED) is 0.515. The van der Waals surface area contributed by atoms with Crippen LogP contribution in [0.1, 0.15) is 50.7 Å². The van der Waals surface area contributed by atoms with Crippen LogP contribution in [-0.2, 0) is 0 Å². The van der Waals surface area contributed by atoms with E-state index in [-0.39, 0.29) is 0 Å². The SMILES string of the molecule is CC1C=CC(c2cccc3c2C2C=CC4=C(CN5C=C[C@@H](C(C)C)CC45)C2S3)=CC1. The average molecular weight is 414 g/mol. The molecule has 4 unspecified atom stereocenters. The Morgan fingerprint density at radius 2 is 2.00 bits per heavy atom. The number of rotatable bonds is 2. The topological polar surface area (TPSA) is 3.24 Å². The largest absolute Gasteiger partial charge is 0.367 e. The maximum absolute atomic E-state index is 2.61. The molecule has 2 heteroatoms. The molecule has 5 aliphatic rings. The van der Waals surface area contributed by atoms with Gasteiger partial charge in [-0.15, -0.1) is 11.8 Å². The highest BCUT2D eigenvalue weighted by Crippen LogP contribution is 2.56. The molecule has 0 amide bonds. The predicted octanol–water partition coefficient (Wildman–Crippen LogP) is 6.96. The van der Waals surface area contributed by atoms with E-state index >= 15 is 0 Å². The molecule has 0 saturated heterocycles. The van der Waals surface area contributed by atoms with Crippen molar-refractivity contribution in [2.75, 3.05) is 6.54 Å². The molecule has 1 aromatic carbocycles. The molecule has 0 saturated carbocycles. The number of hydrogen-bond acceptors (Lipinski definition) is 2. The molecule has 2 aliphatic carbocycles. The molecule has 0 N–H and O–H groups in total. The van der Waals surface area contributed by atoms with Crippen LogP contribution in [0.25, 0.3) is 5.57 Å². The molecule has 1 aromatic rings. The van der Waals surface area contributed by atoms with Gasteiger partial charge in [-0.05, 0) is 70.7 Å². The summed E-state index contributed by atoms with van der Waals surface area (Å²) in [4.78, 5) is 4.10. The lowest BCUT2D eigenvalue weighted by Crippen LogP contribution is -2.33. The second-order valence-corrected chi connectivity index (χ2v) is 11.2. The zero-order chi connectivity index (χ0) is 20.4. The fourth-order valence-corrected chi connectivity index (χ4v) is 7.49. The van der Waals surface area contributed by atoms with E-state index < -0.39 is 0 Å². The van der Waals surface area contributed by atoms with Crippen LogP contribution in [0.5, 0.6) is 0 Å². The minimum absolute atomic E-state index is 0.514. The molecule has 6 rings (SSSR count). The van der Waals surface area contributed by atoms with Crippen LogP contribution in [0.3, 0.4) is 0 Å². The highest BCUT2D eigenvalue weighted by atomic mass is 32.2. The fourth-order valence-electron chi connectivity index (χ4n) is 5.96. The summed E-state index contributed by atoms with van der Waals surface area (Å²) in [6.07, 6.45) is 19.5. The maximum Gasteiger partial charge on any atom is 0.0546 e. The van der Waals surface area contributed by atoms with E-state index in [1.165, 1.54) is 22.5 Å². The minimum atomic E-state index is 0.514. The third kappa shape index (κ3) is 2.83. The Morgan fingerprint density at radius 1 is 1.10 bits per heavy atom. The molecule has 3 aliphatic heterocycles. The van der Waals surface area contributed by atoms with Crippen molar-refractivity contribution in [3.05, 3.63) is 83.1 Å². The smallest absolute Gasteiger partial charge is 0.0546 e. The van der Waals surface area contributed by atoms with Gasteiger partial charge in [0.15, 0.2) is 0 Å². The Kier molecular flexibility index (Phi) is 4.42. The van der Waals surface area contributed by atoms with Gasteiger partial charge in [-0.25, -0.2) is 0 Å². The summed E-state index contributed by atoms with van der Waals surface area (Å²) in [7, 11) is 0. The third-order valence-corrected chi connectivity index (χ3v) is 9.23. The number of benzene rings is 1. The zero-order valence-electron chi connectivity index (χ0n) is 18.2. The van der Waals surface area contributed by atoms with Gasteiger partial charge in [0.1, 0.15) is 0 Å².